The number of amides is 2. The SMILES string of the molecule is CCOc1ccc(OCC(=O)N(C)CC(=O)Nc2ccc(F)cc2)cc1. The van der Waals surface area contributed by atoms with Crippen molar-refractivity contribution in [2.75, 3.05) is 32.1 Å². The molecular weight excluding hydrogens is 339 g/mol. The van der Waals surface area contributed by atoms with Gasteiger partial charge in [-0.15, -0.1) is 0 Å². The van der Waals surface area contributed by atoms with Gasteiger partial charge in [0.2, 0.25) is 5.91 Å². The van der Waals surface area contributed by atoms with Gasteiger partial charge in [0, 0.05) is 12.7 Å². The Hall–Kier alpha value is -3.09. The maximum Gasteiger partial charge on any atom is 0.260 e. The average Bonchev–Trinajstić information content (AvgIpc) is 2.63. The van der Waals surface area contributed by atoms with Gasteiger partial charge in [0.15, 0.2) is 6.61 Å². The molecule has 0 atom stereocenters. The Balaban J connectivity index is 1.77. The zero-order valence-electron chi connectivity index (χ0n) is 14.7. The average molecular weight is 360 g/mol. The van der Waals surface area contributed by atoms with E-state index in [1.165, 1.54) is 36.2 Å². The summed E-state index contributed by atoms with van der Waals surface area (Å²) in [5, 5.41) is 2.59. The number of benzene rings is 2. The van der Waals surface area contributed by atoms with Gasteiger partial charge in [0.1, 0.15) is 17.3 Å². The van der Waals surface area contributed by atoms with E-state index in [1.807, 2.05) is 6.92 Å². The molecule has 6 nitrogen and oxygen atoms in total. The van der Waals surface area contributed by atoms with Crippen LogP contribution in [0, 0.1) is 5.82 Å². The minimum absolute atomic E-state index is 0.136. The highest BCUT2D eigenvalue weighted by atomic mass is 19.1. The van der Waals surface area contributed by atoms with E-state index < -0.39 is 0 Å². The van der Waals surface area contributed by atoms with Crippen molar-refractivity contribution in [2.24, 2.45) is 0 Å². The highest BCUT2D eigenvalue weighted by molar-refractivity contribution is 5.94. The lowest BCUT2D eigenvalue weighted by molar-refractivity contribution is -0.135. The molecule has 0 radical (unpaired) electrons. The van der Waals surface area contributed by atoms with Crippen molar-refractivity contribution < 1.29 is 23.5 Å². The molecule has 0 aliphatic heterocycles. The van der Waals surface area contributed by atoms with E-state index in [4.69, 9.17) is 9.47 Å². The van der Waals surface area contributed by atoms with Gasteiger partial charge in [-0.05, 0) is 55.5 Å². The molecule has 138 valence electrons. The highest BCUT2D eigenvalue weighted by Gasteiger charge is 2.14. The van der Waals surface area contributed by atoms with Crippen LogP contribution in [0.5, 0.6) is 11.5 Å². The Kier molecular flexibility index (Phi) is 6.96. The lowest BCUT2D eigenvalue weighted by Gasteiger charge is -2.17. The van der Waals surface area contributed by atoms with Crippen molar-refractivity contribution >= 4 is 17.5 Å². The number of carbonyl (C=O) groups is 2. The first-order valence-electron chi connectivity index (χ1n) is 8.13. The minimum Gasteiger partial charge on any atom is -0.494 e. The summed E-state index contributed by atoms with van der Waals surface area (Å²) in [6.45, 7) is 2.14. The van der Waals surface area contributed by atoms with Crippen LogP contribution in [-0.4, -0.2) is 43.5 Å². The predicted octanol–water partition coefficient (Wildman–Crippen LogP) is 2.70. The van der Waals surface area contributed by atoms with Crippen LogP contribution < -0.4 is 14.8 Å². The molecule has 7 heteroatoms. The Morgan fingerprint density at radius 3 is 2.15 bits per heavy atom. The minimum atomic E-state index is -0.387. The Labute approximate surface area is 151 Å². The van der Waals surface area contributed by atoms with Crippen LogP contribution in [0.15, 0.2) is 48.5 Å². The molecule has 0 spiro atoms. The molecule has 0 heterocycles. The van der Waals surface area contributed by atoms with Gasteiger partial charge < -0.3 is 19.7 Å². The molecule has 0 aliphatic rings. The Morgan fingerprint density at radius 1 is 1.00 bits per heavy atom. The summed E-state index contributed by atoms with van der Waals surface area (Å²) < 4.78 is 23.6. The topological polar surface area (TPSA) is 67.9 Å². The second-order valence-electron chi connectivity index (χ2n) is 5.50. The first kappa shape index (κ1) is 19.2. The highest BCUT2D eigenvalue weighted by Crippen LogP contribution is 2.17. The number of likely N-dealkylation sites (N-methyl/N-ethyl adjacent to an activating group) is 1. The maximum atomic E-state index is 12.8. The molecule has 0 saturated carbocycles. The molecule has 2 rings (SSSR count). The molecule has 2 aromatic rings. The van der Waals surface area contributed by atoms with Gasteiger partial charge >= 0.3 is 0 Å². The van der Waals surface area contributed by atoms with Crippen molar-refractivity contribution in [3.63, 3.8) is 0 Å². The number of hydrogen-bond donors (Lipinski definition) is 1. The summed E-state index contributed by atoms with van der Waals surface area (Å²) in [7, 11) is 1.51. The normalized spacial score (nSPS) is 10.1. The van der Waals surface area contributed by atoms with Crippen LogP contribution in [0.25, 0.3) is 0 Å². The van der Waals surface area contributed by atoms with E-state index in [0.717, 1.165) is 5.75 Å². The molecule has 0 bridgehead atoms. The van der Waals surface area contributed by atoms with Crippen molar-refractivity contribution in [3.8, 4) is 11.5 Å². The predicted molar refractivity (Wildman–Crippen MR) is 95.8 cm³/mol. The van der Waals surface area contributed by atoms with Crippen molar-refractivity contribution in [1.29, 1.82) is 0 Å². The van der Waals surface area contributed by atoms with Gasteiger partial charge in [0.25, 0.3) is 5.91 Å². The van der Waals surface area contributed by atoms with Gasteiger partial charge in [-0.2, -0.15) is 0 Å². The molecule has 2 amide bonds. The van der Waals surface area contributed by atoms with Crippen LogP contribution in [0.2, 0.25) is 0 Å². The molecule has 26 heavy (non-hydrogen) atoms. The molecule has 2 aromatic carbocycles. The summed E-state index contributed by atoms with van der Waals surface area (Å²) in [4.78, 5) is 25.3. The third kappa shape index (κ3) is 6.08. The van der Waals surface area contributed by atoms with Crippen LogP contribution in [0.4, 0.5) is 10.1 Å². The van der Waals surface area contributed by atoms with E-state index in [-0.39, 0.29) is 30.8 Å². The van der Waals surface area contributed by atoms with Crippen LogP contribution in [0.3, 0.4) is 0 Å². The summed E-state index contributed by atoms with van der Waals surface area (Å²) in [6, 6.07) is 12.3. The molecule has 0 unspecified atom stereocenters. The lowest BCUT2D eigenvalue weighted by Crippen LogP contribution is -2.37. The zero-order chi connectivity index (χ0) is 18.9. The van der Waals surface area contributed by atoms with Crippen LogP contribution in [0.1, 0.15) is 6.92 Å². The molecule has 0 aliphatic carbocycles. The number of nitrogens with one attached hydrogen (secondary N) is 1. The lowest BCUT2D eigenvalue weighted by atomic mass is 10.3. The number of anilines is 1. The number of carbonyl (C=O) groups excluding carboxylic acids is 2. The van der Waals surface area contributed by atoms with Gasteiger partial charge in [-0.25, -0.2) is 4.39 Å². The smallest absolute Gasteiger partial charge is 0.260 e. The fourth-order valence-electron chi connectivity index (χ4n) is 2.09. The van der Waals surface area contributed by atoms with Gasteiger partial charge in [-0.1, -0.05) is 0 Å². The summed E-state index contributed by atoms with van der Waals surface area (Å²) >= 11 is 0. The summed E-state index contributed by atoms with van der Waals surface area (Å²) in [6.07, 6.45) is 0. The van der Waals surface area contributed by atoms with Crippen molar-refractivity contribution in [1.82, 2.24) is 4.90 Å². The number of nitrogens with zero attached hydrogens (tertiary/aromatic N) is 1. The first-order valence-corrected chi connectivity index (χ1v) is 8.13. The van der Waals surface area contributed by atoms with Crippen LogP contribution >= 0.6 is 0 Å². The number of halogens is 1. The quantitative estimate of drug-likeness (QED) is 0.786. The number of ether oxygens (including phenoxy) is 2. The standard InChI is InChI=1S/C19H21FN2O4/c1-3-25-16-8-10-17(11-9-16)26-13-19(24)22(2)12-18(23)21-15-6-4-14(20)5-7-15/h4-11H,3,12-13H2,1-2H3,(H,21,23). The van der Waals surface area contributed by atoms with Crippen molar-refractivity contribution in [3.05, 3.63) is 54.3 Å². The molecule has 1 N–H and O–H groups in total. The Morgan fingerprint density at radius 2 is 1.58 bits per heavy atom. The van der Waals surface area contributed by atoms with E-state index in [2.05, 4.69) is 5.32 Å². The van der Waals surface area contributed by atoms with Crippen molar-refractivity contribution in [2.45, 2.75) is 6.92 Å². The first-order chi connectivity index (χ1) is 12.5. The van der Waals surface area contributed by atoms with Gasteiger partial charge in [0.05, 0.1) is 13.2 Å². The van der Waals surface area contributed by atoms with Gasteiger partial charge in [-0.3, -0.25) is 9.59 Å². The van der Waals surface area contributed by atoms with E-state index in [0.29, 0.717) is 18.0 Å². The zero-order valence-corrected chi connectivity index (χ0v) is 14.7. The second kappa shape index (κ2) is 9.41. The fraction of sp³-hybridized carbons (Fsp3) is 0.263. The monoisotopic (exact) mass is 360 g/mol. The summed E-state index contributed by atoms with van der Waals surface area (Å²) in [5.74, 6) is 0.148. The number of hydrogen-bond acceptors (Lipinski definition) is 4. The number of rotatable bonds is 8. The van der Waals surface area contributed by atoms with E-state index in [9.17, 15) is 14.0 Å². The largest absolute Gasteiger partial charge is 0.494 e. The molecular formula is C19H21FN2O4. The second-order valence-corrected chi connectivity index (χ2v) is 5.50. The third-order valence-electron chi connectivity index (χ3n) is 3.43. The fourth-order valence-corrected chi connectivity index (χ4v) is 2.09. The summed E-state index contributed by atoms with van der Waals surface area (Å²) in [5.41, 5.74) is 0.461. The Bertz CT molecular complexity index is 732. The third-order valence-corrected chi connectivity index (χ3v) is 3.43. The maximum absolute atomic E-state index is 12.8. The van der Waals surface area contributed by atoms with E-state index >= 15 is 0 Å². The molecule has 0 fully saturated rings. The molecule has 0 aromatic heterocycles. The van der Waals surface area contributed by atoms with Crippen LogP contribution in [-0.2, 0) is 9.59 Å². The molecule has 0 saturated heterocycles. The van der Waals surface area contributed by atoms with E-state index in [1.54, 1.807) is 24.3 Å².